The Kier molecular flexibility index (Phi) is 4.83. The summed E-state index contributed by atoms with van der Waals surface area (Å²) in [5.74, 6) is 0. The lowest BCUT2D eigenvalue weighted by atomic mass is 10.1. The van der Waals surface area contributed by atoms with E-state index >= 15 is 0 Å². The summed E-state index contributed by atoms with van der Waals surface area (Å²) in [4.78, 5) is 0. The molecule has 0 aliphatic rings. The van der Waals surface area contributed by atoms with Gasteiger partial charge in [0, 0.05) is 12.2 Å². The van der Waals surface area contributed by atoms with Crippen molar-refractivity contribution in [2.45, 2.75) is 26.2 Å². The van der Waals surface area contributed by atoms with Gasteiger partial charge in [0.1, 0.15) is 0 Å². The van der Waals surface area contributed by atoms with Crippen LogP contribution in [0.2, 0.25) is 0 Å². The normalized spacial score (nSPS) is 10.3. The van der Waals surface area contributed by atoms with Crippen LogP contribution in [0.4, 0.5) is 5.69 Å². The van der Waals surface area contributed by atoms with Gasteiger partial charge in [0.05, 0.1) is 0 Å². The second-order valence-electron chi connectivity index (χ2n) is 4.57. The second-order valence-corrected chi connectivity index (χ2v) is 4.57. The fourth-order valence-corrected chi connectivity index (χ4v) is 2.02. The van der Waals surface area contributed by atoms with E-state index in [-0.39, 0.29) is 0 Å². The maximum atomic E-state index is 3.44. The molecule has 0 aliphatic carbocycles. The molecule has 0 spiro atoms. The molecule has 0 heterocycles. The Bertz CT molecular complexity index is 445. The first kappa shape index (κ1) is 12.7. The van der Waals surface area contributed by atoms with Crippen molar-refractivity contribution in [1.29, 1.82) is 0 Å². The van der Waals surface area contributed by atoms with Crippen molar-refractivity contribution in [1.82, 2.24) is 0 Å². The number of benzene rings is 2. The van der Waals surface area contributed by atoms with Crippen LogP contribution in [0, 0.1) is 0 Å². The van der Waals surface area contributed by atoms with Crippen LogP contribution in [0.25, 0.3) is 0 Å². The van der Waals surface area contributed by atoms with Crippen molar-refractivity contribution in [3.05, 3.63) is 65.7 Å². The lowest BCUT2D eigenvalue weighted by Crippen LogP contribution is -2.02. The average Bonchev–Trinajstić information content (AvgIpc) is 2.45. The Hall–Kier alpha value is -1.76. The van der Waals surface area contributed by atoms with Crippen LogP contribution in [-0.2, 0) is 12.8 Å². The molecule has 1 heteroatoms. The number of nitrogens with one attached hydrogen (secondary N) is 1. The SMILES string of the molecule is CCc1ccc(CCCNc2ccccc2)cc1. The van der Waals surface area contributed by atoms with Gasteiger partial charge in [-0.05, 0) is 42.5 Å². The van der Waals surface area contributed by atoms with Crippen molar-refractivity contribution in [2.75, 3.05) is 11.9 Å². The van der Waals surface area contributed by atoms with Crippen LogP contribution in [0.3, 0.4) is 0 Å². The van der Waals surface area contributed by atoms with Crippen LogP contribution >= 0.6 is 0 Å². The van der Waals surface area contributed by atoms with Crippen LogP contribution < -0.4 is 5.32 Å². The van der Waals surface area contributed by atoms with Gasteiger partial charge in [-0.1, -0.05) is 49.4 Å². The molecule has 0 aliphatic heterocycles. The van der Waals surface area contributed by atoms with E-state index in [9.17, 15) is 0 Å². The van der Waals surface area contributed by atoms with Crippen LogP contribution in [-0.4, -0.2) is 6.54 Å². The summed E-state index contributed by atoms with van der Waals surface area (Å²) < 4.78 is 0. The van der Waals surface area contributed by atoms with Gasteiger partial charge in [-0.3, -0.25) is 0 Å². The molecule has 94 valence electrons. The second kappa shape index (κ2) is 6.85. The smallest absolute Gasteiger partial charge is 0.0340 e. The minimum atomic E-state index is 1.03. The Morgan fingerprint density at radius 2 is 1.50 bits per heavy atom. The third-order valence-corrected chi connectivity index (χ3v) is 3.18. The zero-order valence-electron chi connectivity index (χ0n) is 11.0. The van der Waals surface area contributed by atoms with E-state index in [2.05, 4.69) is 60.8 Å². The molecule has 0 saturated heterocycles. The molecular weight excluding hydrogens is 218 g/mol. The van der Waals surface area contributed by atoms with E-state index in [1.165, 1.54) is 23.2 Å². The first-order valence-corrected chi connectivity index (χ1v) is 6.75. The van der Waals surface area contributed by atoms with Crippen molar-refractivity contribution >= 4 is 5.69 Å². The number of hydrogen-bond acceptors (Lipinski definition) is 1. The van der Waals surface area contributed by atoms with Gasteiger partial charge in [-0.25, -0.2) is 0 Å². The molecule has 2 rings (SSSR count). The highest BCUT2D eigenvalue weighted by atomic mass is 14.9. The van der Waals surface area contributed by atoms with Gasteiger partial charge in [-0.15, -0.1) is 0 Å². The van der Waals surface area contributed by atoms with Crippen LogP contribution in [0.5, 0.6) is 0 Å². The summed E-state index contributed by atoms with van der Waals surface area (Å²) in [6.45, 7) is 3.22. The molecule has 0 amide bonds. The highest BCUT2D eigenvalue weighted by Gasteiger charge is 1.94. The average molecular weight is 239 g/mol. The summed E-state index contributed by atoms with van der Waals surface area (Å²) in [6, 6.07) is 19.4. The number of anilines is 1. The fraction of sp³-hybridized carbons (Fsp3) is 0.294. The summed E-state index contributed by atoms with van der Waals surface area (Å²) in [6.07, 6.45) is 3.43. The first-order valence-electron chi connectivity index (χ1n) is 6.75. The van der Waals surface area contributed by atoms with Crippen molar-refractivity contribution < 1.29 is 0 Å². The minimum Gasteiger partial charge on any atom is -0.385 e. The molecule has 0 saturated carbocycles. The molecule has 0 bridgehead atoms. The summed E-state index contributed by atoms with van der Waals surface area (Å²) in [5, 5.41) is 3.44. The van der Waals surface area contributed by atoms with Gasteiger partial charge in [0.25, 0.3) is 0 Å². The van der Waals surface area contributed by atoms with E-state index in [0.29, 0.717) is 0 Å². The maximum Gasteiger partial charge on any atom is 0.0340 e. The molecule has 1 nitrogen and oxygen atoms in total. The summed E-state index contributed by atoms with van der Waals surface area (Å²) >= 11 is 0. The topological polar surface area (TPSA) is 12.0 Å². The van der Waals surface area contributed by atoms with Crippen molar-refractivity contribution in [3.8, 4) is 0 Å². The molecule has 1 N–H and O–H groups in total. The molecule has 2 aromatic carbocycles. The molecular formula is C17H21N. The van der Waals surface area contributed by atoms with E-state index < -0.39 is 0 Å². The first-order chi connectivity index (χ1) is 8.88. The lowest BCUT2D eigenvalue weighted by Gasteiger charge is -2.06. The van der Waals surface area contributed by atoms with Crippen molar-refractivity contribution in [3.63, 3.8) is 0 Å². The number of para-hydroxylation sites is 1. The Balaban J connectivity index is 1.72. The lowest BCUT2D eigenvalue weighted by molar-refractivity contribution is 0.862. The predicted octanol–water partition coefficient (Wildman–Crippen LogP) is 4.29. The number of hydrogen-bond donors (Lipinski definition) is 1. The molecule has 0 fully saturated rings. The number of rotatable bonds is 6. The zero-order valence-corrected chi connectivity index (χ0v) is 11.0. The Labute approximate surface area is 110 Å². The number of aryl methyl sites for hydroxylation is 2. The standard InChI is InChI=1S/C17H21N/c1-2-15-10-12-16(13-11-15)7-6-14-18-17-8-4-3-5-9-17/h3-5,8-13,18H,2,6-7,14H2,1H3. The quantitative estimate of drug-likeness (QED) is 0.741. The van der Waals surface area contributed by atoms with Crippen LogP contribution in [0.15, 0.2) is 54.6 Å². The predicted molar refractivity (Wildman–Crippen MR) is 79.1 cm³/mol. The third kappa shape index (κ3) is 3.92. The summed E-state index contributed by atoms with van der Waals surface area (Å²) in [5.41, 5.74) is 4.06. The Morgan fingerprint density at radius 3 is 2.17 bits per heavy atom. The maximum absolute atomic E-state index is 3.44. The van der Waals surface area contributed by atoms with Gasteiger partial charge >= 0.3 is 0 Å². The van der Waals surface area contributed by atoms with Crippen molar-refractivity contribution in [2.24, 2.45) is 0 Å². The third-order valence-electron chi connectivity index (χ3n) is 3.18. The molecule has 2 aromatic rings. The summed E-state index contributed by atoms with van der Waals surface area (Å²) in [7, 11) is 0. The zero-order chi connectivity index (χ0) is 12.6. The van der Waals surface area contributed by atoms with E-state index in [4.69, 9.17) is 0 Å². The minimum absolute atomic E-state index is 1.03. The van der Waals surface area contributed by atoms with Gasteiger partial charge in [-0.2, -0.15) is 0 Å². The molecule has 18 heavy (non-hydrogen) atoms. The van der Waals surface area contributed by atoms with E-state index in [1.807, 2.05) is 6.07 Å². The molecule has 0 aromatic heterocycles. The van der Waals surface area contributed by atoms with Gasteiger partial charge in [0.2, 0.25) is 0 Å². The highest BCUT2D eigenvalue weighted by Crippen LogP contribution is 2.08. The monoisotopic (exact) mass is 239 g/mol. The van der Waals surface area contributed by atoms with E-state index in [1.54, 1.807) is 0 Å². The molecule has 0 unspecified atom stereocenters. The van der Waals surface area contributed by atoms with Crippen LogP contribution in [0.1, 0.15) is 24.5 Å². The van der Waals surface area contributed by atoms with E-state index in [0.717, 1.165) is 19.4 Å². The largest absolute Gasteiger partial charge is 0.385 e. The fourth-order valence-electron chi connectivity index (χ4n) is 2.02. The Morgan fingerprint density at radius 1 is 0.833 bits per heavy atom. The molecule has 0 atom stereocenters. The van der Waals surface area contributed by atoms with Gasteiger partial charge in [0.15, 0.2) is 0 Å². The van der Waals surface area contributed by atoms with Gasteiger partial charge < -0.3 is 5.32 Å². The molecule has 0 radical (unpaired) electrons. The highest BCUT2D eigenvalue weighted by molar-refractivity contribution is 5.42.